The van der Waals surface area contributed by atoms with Crippen LogP contribution in [-0.4, -0.2) is 23.2 Å². The number of hydrogen-bond donors (Lipinski definition) is 2. The summed E-state index contributed by atoms with van der Waals surface area (Å²) < 4.78 is 0. The van der Waals surface area contributed by atoms with E-state index in [0.717, 1.165) is 24.2 Å². The summed E-state index contributed by atoms with van der Waals surface area (Å²) in [5.74, 6) is 6.69. The maximum absolute atomic E-state index is 11.6. The van der Waals surface area contributed by atoms with E-state index in [4.69, 9.17) is 0 Å². The third-order valence-corrected chi connectivity index (χ3v) is 6.11. The zero-order valence-electron chi connectivity index (χ0n) is 17.3. The third-order valence-electron chi connectivity index (χ3n) is 6.11. The van der Waals surface area contributed by atoms with E-state index in [9.17, 15) is 5.11 Å². The van der Waals surface area contributed by atoms with E-state index < -0.39 is 5.60 Å². The summed E-state index contributed by atoms with van der Waals surface area (Å²) in [7, 11) is 0. The second-order valence-corrected chi connectivity index (χ2v) is 8.04. The second kappa shape index (κ2) is 9.71. The van der Waals surface area contributed by atoms with Crippen molar-refractivity contribution < 1.29 is 10.0 Å². The number of quaternary nitrogens is 1. The molecular weight excluding hydrogens is 368 g/mol. The predicted molar refractivity (Wildman–Crippen MR) is 120 cm³/mol. The number of piperidine rings is 1. The number of nitrogens with one attached hydrogen (secondary N) is 1. The van der Waals surface area contributed by atoms with Crippen molar-refractivity contribution in [1.29, 1.82) is 0 Å². The zero-order valence-corrected chi connectivity index (χ0v) is 17.3. The van der Waals surface area contributed by atoms with Crippen molar-refractivity contribution in [3.63, 3.8) is 0 Å². The smallest absolute Gasteiger partial charge is 0.139 e. The van der Waals surface area contributed by atoms with Gasteiger partial charge in [0.2, 0.25) is 0 Å². The van der Waals surface area contributed by atoms with Crippen LogP contribution in [0.5, 0.6) is 0 Å². The molecule has 0 spiro atoms. The van der Waals surface area contributed by atoms with Gasteiger partial charge in [0.05, 0.1) is 6.54 Å². The van der Waals surface area contributed by atoms with Crippen molar-refractivity contribution in [2.24, 2.45) is 0 Å². The molecule has 1 fully saturated rings. The summed E-state index contributed by atoms with van der Waals surface area (Å²) >= 11 is 0. The van der Waals surface area contributed by atoms with Crippen LogP contribution in [0.1, 0.15) is 48.4 Å². The average Bonchev–Trinajstić information content (AvgIpc) is 2.83. The lowest BCUT2D eigenvalue weighted by molar-refractivity contribution is -0.930. The Bertz CT molecular complexity index is 937. The van der Waals surface area contributed by atoms with E-state index in [1.54, 1.807) is 0 Å². The van der Waals surface area contributed by atoms with Crippen molar-refractivity contribution in [3.8, 4) is 11.8 Å². The maximum Gasteiger partial charge on any atom is 0.139 e. The molecule has 3 aromatic rings. The molecule has 4 rings (SSSR count). The average molecular weight is 398 g/mol. The zero-order chi connectivity index (χ0) is 20.7. The standard InChI is InChI=1S/C27H28N2O/c30-27(24-13-3-1-4-14-24,25-15-5-2-6-16-25)18-8-10-21-29-20-9-7-17-26(29)23-12-11-19-28-22-23/h1-6,11-16,19,22,26,30H,7,9,17-18,20-21H2/p+1/t26-/m1/s1. The Morgan fingerprint density at radius 3 is 2.23 bits per heavy atom. The lowest BCUT2D eigenvalue weighted by atomic mass is 9.84. The molecule has 0 aliphatic carbocycles. The largest absolute Gasteiger partial charge is 0.379 e. The Kier molecular flexibility index (Phi) is 6.59. The Hall–Kier alpha value is -2.93. The molecule has 2 N–H and O–H groups in total. The molecule has 1 saturated heterocycles. The molecule has 2 heterocycles. The SMILES string of the molecule is OC(CC#CC[NH+]1CCCC[C@@H]1c1cccnc1)(c1ccccc1)c1ccccc1. The minimum Gasteiger partial charge on any atom is -0.379 e. The van der Waals surface area contributed by atoms with Crippen molar-refractivity contribution in [1.82, 2.24) is 4.98 Å². The van der Waals surface area contributed by atoms with Gasteiger partial charge in [0.1, 0.15) is 18.2 Å². The number of hydrogen-bond acceptors (Lipinski definition) is 2. The first kappa shape index (κ1) is 20.3. The van der Waals surface area contributed by atoms with E-state index in [2.05, 4.69) is 22.9 Å². The van der Waals surface area contributed by atoms with Crippen LogP contribution in [0, 0.1) is 11.8 Å². The minimum absolute atomic E-state index is 0.381. The van der Waals surface area contributed by atoms with Gasteiger partial charge >= 0.3 is 0 Å². The van der Waals surface area contributed by atoms with E-state index in [-0.39, 0.29) is 0 Å². The highest BCUT2D eigenvalue weighted by Gasteiger charge is 2.31. The van der Waals surface area contributed by atoms with Crippen LogP contribution in [0.15, 0.2) is 85.2 Å². The van der Waals surface area contributed by atoms with E-state index in [1.807, 2.05) is 79.1 Å². The Morgan fingerprint density at radius 1 is 0.900 bits per heavy atom. The molecule has 30 heavy (non-hydrogen) atoms. The number of pyridine rings is 1. The summed E-state index contributed by atoms with van der Waals surface area (Å²) in [6.07, 6.45) is 7.89. The molecule has 3 heteroatoms. The molecule has 0 radical (unpaired) electrons. The highest BCUT2D eigenvalue weighted by atomic mass is 16.3. The molecule has 2 aromatic carbocycles. The molecule has 3 nitrogen and oxygen atoms in total. The molecule has 152 valence electrons. The first-order valence-electron chi connectivity index (χ1n) is 10.8. The molecule has 0 bridgehead atoms. The van der Waals surface area contributed by atoms with Crippen LogP contribution in [0.3, 0.4) is 0 Å². The fourth-order valence-corrected chi connectivity index (χ4v) is 4.44. The van der Waals surface area contributed by atoms with Crippen molar-refractivity contribution in [3.05, 3.63) is 102 Å². The fraction of sp³-hybridized carbons (Fsp3) is 0.296. The molecule has 2 atom stereocenters. The van der Waals surface area contributed by atoms with E-state index in [1.165, 1.54) is 29.7 Å². The van der Waals surface area contributed by atoms with Crippen LogP contribution in [0.2, 0.25) is 0 Å². The summed E-state index contributed by atoms with van der Waals surface area (Å²) in [5.41, 5.74) is 1.96. The van der Waals surface area contributed by atoms with Gasteiger partial charge < -0.3 is 10.0 Å². The first-order chi connectivity index (χ1) is 14.8. The Balaban J connectivity index is 1.51. The maximum atomic E-state index is 11.6. The predicted octanol–water partition coefficient (Wildman–Crippen LogP) is 3.52. The lowest BCUT2D eigenvalue weighted by Gasteiger charge is -2.31. The number of benzene rings is 2. The minimum atomic E-state index is -1.10. The third kappa shape index (κ3) is 4.62. The number of aromatic nitrogens is 1. The molecule has 1 aliphatic heterocycles. The van der Waals surface area contributed by atoms with Crippen molar-refractivity contribution in [2.75, 3.05) is 13.1 Å². The quantitative estimate of drug-likeness (QED) is 0.647. The van der Waals surface area contributed by atoms with E-state index in [0.29, 0.717) is 12.5 Å². The van der Waals surface area contributed by atoms with Gasteiger partial charge in [-0.05, 0) is 36.0 Å². The fourth-order valence-electron chi connectivity index (χ4n) is 4.44. The number of nitrogens with zero attached hydrogens (tertiary/aromatic N) is 1. The van der Waals surface area contributed by atoms with Crippen molar-refractivity contribution in [2.45, 2.75) is 37.3 Å². The van der Waals surface area contributed by atoms with E-state index >= 15 is 0 Å². The van der Waals surface area contributed by atoms with Gasteiger partial charge in [-0.25, -0.2) is 0 Å². The van der Waals surface area contributed by atoms with Gasteiger partial charge in [0, 0.05) is 30.8 Å². The molecule has 1 aliphatic rings. The van der Waals surface area contributed by atoms with Crippen LogP contribution in [0.25, 0.3) is 0 Å². The number of rotatable bonds is 5. The lowest BCUT2D eigenvalue weighted by Crippen LogP contribution is -3.13. The van der Waals surface area contributed by atoms with Gasteiger partial charge in [0.15, 0.2) is 0 Å². The molecular formula is C27H29N2O+. The number of aliphatic hydroxyl groups is 1. The highest BCUT2D eigenvalue weighted by molar-refractivity contribution is 5.37. The number of likely N-dealkylation sites (tertiary alicyclic amines) is 1. The molecule has 0 amide bonds. The van der Waals surface area contributed by atoms with Gasteiger partial charge in [-0.2, -0.15) is 0 Å². The van der Waals surface area contributed by atoms with Crippen LogP contribution in [-0.2, 0) is 5.60 Å². The monoisotopic (exact) mass is 397 g/mol. The molecule has 0 saturated carbocycles. The summed E-state index contributed by atoms with van der Waals surface area (Å²) in [5, 5.41) is 11.6. The van der Waals surface area contributed by atoms with Gasteiger partial charge in [-0.15, -0.1) is 0 Å². The summed E-state index contributed by atoms with van der Waals surface area (Å²) in [6, 6.07) is 24.4. The highest BCUT2D eigenvalue weighted by Crippen LogP contribution is 2.32. The normalized spacial score (nSPS) is 19.0. The summed E-state index contributed by atoms with van der Waals surface area (Å²) in [4.78, 5) is 5.81. The topological polar surface area (TPSA) is 37.6 Å². The Labute approximate surface area is 179 Å². The van der Waals surface area contributed by atoms with Gasteiger partial charge in [-0.1, -0.05) is 72.7 Å². The van der Waals surface area contributed by atoms with Crippen LogP contribution in [0.4, 0.5) is 0 Å². The van der Waals surface area contributed by atoms with Gasteiger partial charge in [-0.3, -0.25) is 4.98 Å². The van der Waals surface area contributed by atoms with Crippen molar-refractivity contribution >= 4 is 0 Å². The van der Waals surface area contributed by atoms with Crippen LogP contribution >= 0.6 is 0 Å². The molecule has 1 unspecified atom stereocenters. The first-order valence-corrected chi connectivity index (χ1v) is 10.8. The Morgan fingerprint density at radius 2 is 1.60 bits per heavy atom. The van der Waals surface area contributed by atoms with Gasteiger partial charge in [0.25, 0.3) is 0 Å². The summed E-state index contributed by atoms with van der Waals surface area (Å²) in [6.45, 7) is 1.93. The molecule has 1 aromatic heterocycles. The van der Waals surface area contributed by atoms with Crippen LogP contribution < -0.4 is 4.90 Å². The second-order valence-electron chi connectivity index (χ2n) is 8.04.